The van der Waals surface area contributed by atoms with Gasteiger partial charge in [0.25, 0.3) is 0 Å². The average molecular weight is 215 g/mol. The second-order valence-corrected chi connectivity index (χ2v) is 4.93. The summed E-state index contributed by atoms with van der Waals surface area (Å²) >= 11 is 0. The van der Waals surface area contributed by atoms with Crippen LogP contribution in [0.15, 0.2) is 0 Å². The predicted molar refractivity (Wildman–Crippen MR) is 67.2 cm³/mol. The van der Waals surface area contributed by atoms with Crippen molar-refractivity contribution in [2.75, 3.05) is 13.7 Å². The van der Waals surface area contributed by atoms with Crippen LogP contribution >= 0.6 is 0 Å². The van der Waals surface area contributed by atoms with Gasteiger partial charge in [-0.1, -0.05) is 20.8 Å². The van der Waals surface area contributed by atoms with Crippen LogP contribution in [0.5, 0.6) is 0 Å². The molecule has 0 aromatic rings. The highest BCUT2D eigenvalue weighted by Gasteiger charge is 2.22. The van der Waals surface area contributed by atoms with Crippen molar-refractivity contribution < 1.29 is 4.74 Å². The van der Waals surface area contributed by atoms with Crippen molar-refractivity contribution >= 4 is 0 Å². The first-order chi connectivity index (χ1) is 7.02. The highest BCUT2D eigenvalue weighted by molar-refractivity contribution is 4.77. The molecule has 92 valence electrons. The Morgan fingerprint density at radius 3 is 2.13 bits per heavy atom. The number of ether oxygens (including phenoxy) is 1. The van der Waals surface area contributed by atoms with Gasteiger partial charge in [0.1, 0.15) is 0 Å². The van der Waals surface area contributed by atoms with E-state index in [1.807, 2.05) is 0 Å². The Kier molecular flexibility index (Phi) is 8.07. The summed E-state index contributed by atoms with van der Waals surface area (Å²) in [5.41, 5.74) is 0. The molecular formula is C13H29NO. The van der Waals surface area contributed by atoms with Crippen molar-refractivity contribution in [1.82, 2.24) is 5.32 Å². The van der Waals surface area contributed by atoms with Crippen LogP contribution in [0.3, 0.4) is 0 Å². The van der Waals surface area contributed by atoms with Gasteiger partial charge in [0.15, 0.2) is 0 Å². The maximum absolute atomic E-state index is 5.36. The zero-order valence-corrected chi connectivity index (χ0v) is 11.3. The van der Waals surface area contributed by atoms with E-state index in [9.17, 15) is 0 Å². The van der Waals surface area contributed by atoms with E-state index in [0.717, 1.165) is 13.0 Å². The minimum Gasteiger partial charge on any atom is -0.382 e. The summed E-state index contributed by atoms with van der Waals surface area (Å²) in [4.78, 5) is 0. The fourth-order valence-electron chi connectivity index (χ4n) is 2.06. The minimum absolute atomic E-state index is 0.364. The summed E-state index contributed by atoms with van der Waals surface area (Å²) in [7, 11) is 1.80. The van der Waals surface area contributed by atoms with Gasteiger partial charge in [0, 0.05) is 13.2 Å². The monoisotopic (exact) mass is 215 g/mol. The molecule has 0 saturated carbocycles. The first-order valence-corrected chi connectivity index (χ1v) is 6.29. The summed E-state index contributed by atoms with van der Waals surface area (Å²) in [5, 5.41) is 3.59. The number of nitrogens with one attached hydrogen (secondary N) is 1. The standard InChI is InChI=1S/C13H29NO/c1-7-8-14-12(5)13(10(2)3)9-11(4)15-6/h10-14H,7-9H2,1-6H3. The van der Waals surface area contributed by atoms with E-state index in [0.29, 0.717) is 24.0 Å². The Morgan fingerprint density at radius 2 is 1.73 bits per heavy atom. The van der Waals surface area contributed by atoms with Crippen LogP contribution in [0.2, 0.25) is 0 Å². The van der Waals surface area contributed by atoms with Gasteiger partial charge in [0.05, 0.1) is 6.10 Å². The third-order valence-electron chi connectivity index (χ3n) is 3.22. The van der Waals surface area contributed by atoms with E-state index in [4.69, 9.17) is 4.74 Å². The summed E-state index contributed by atoms with van der Waals surface area (Å²) < 4.78 is 5.36. The Hall–Kier alpha value is -0.0800. The summed E-state index contributed by atoms with van der Waals surface area (Å²) in [6.07, 6.45) is 2.71. The topological polar surface area (TPSA) is 21.3 Å². The minimum atomic E-state index is 0.364. The van der Waals surface area contributed by atoms with Crippen LogP contribution in [0.25, 0.3) is 0 Å². The van der Waals surface area contributed by atoms with Gasteiger partial charge in [-0.3, -0.25) is 0 Å². The molecule has 0 fully saturated rings. The maximum Gasteiger partial charge on any atom is 0.0546 e. The molecule has 0 aromatic heterocycles. The van der Waals surface area contributed by atoms with Crippen molar-refractivity contribution in [2.45, 2.75) is 59.6 Å². The zero-order valence-electron chi connectivity index (χ0n) is 11.3. The van der Waals surface area contributed by atoms with Gasteiger partial charge in [0.2, 0.25) is 0 Å². The number of hydrogen-bond acceptors (Lipinski definition) is 2. The van der Waals surface area contributed by atoms with Gasteiger partial charge in [-0.05, 0) is 45.1 Å². The van der Waals surface area contributed by atoms with Gasteiger partial charge >= 0.3 is 0 Å². The molecule has 0 aliphatic carbocycles. The van der Waals surface area contributed by atoms with E-state index in [1.165, 1.54) is 6.42 Å². The summed E-state index contributed by atoms with van der Waals surface area (Å²) in [6.45, 7) is 12.4. The lowest BCUT2D eigenvalue weighted by molar-refractivity contribution is 0.0783. The average Bonchev–Trinajstić information content (AvgIpc) is 2.21. The van der Waals surface area contributed by atoms with E-state index in [1.54, 1.807) is 7.11 Å². The molecule has 0 aliphatic rings. The molecule has 0 amide bonds. The van der Waals surface area contributed by atoms with Crippen molar-refractivity contribution in [3.05, 3.63) is 0 Å². The van der Waals surface area contributed by atoms with Crippen molar-refractivity contribution in [1.29, 1.82) is 0 Å². The van der Waals surface area contributed by atoms with Gasteiger partial charge in [-0.2, -0.15) is 0 Å². The third kappa shape index (κ3) is 6.16. The Morgan fingerprint density at radius 1 is 1.13 bits per heavy atom. The first kappa shape index (κ1) is 14.9. The molecule has 3 unspecified atom stereocenters. The largest absolute Gasteiger partial charge is 0.382 e. The van der Waals surface area contributed by atoms with Crippen LogP contribution in [0, 0.1) is 11.8 Å². The highest BCUT2D eigenvalue weighted by atomic mass is 16.5. The van der Waals surface area contributed by atoms with E-state index in [2.05, 4.69) is 39.9 Å². The molecule has 0 aliphatic heterocycles. The number of hydrogen-bond donors (Lipinski definition) is 1. The molecule has 1 N–H and O–H groups in total. The predicted octanol–water partition coefficient (Wildman–Crippen LogP) is 3.07. The summed E-state index contributed by atoms with van der Waals surface area (Å²) in [6, 6.07) is 0.586. The maximum atomic E-state index is 5.36. The molecule has 15 heavy (non-hydrogen) atoms. The quantitative estimate of drug-likeness (QED) is 0.672. The SMILES string of the molecule is CCCNC(C)C(CC(C)OC)C(C)C. The molecule has 0 bridgehead atoms. The van der Waals surface area contributed by atoms with Crippen LogP contribution in [0.4, 0.5) is 0 Å². The summed E-state index contributed by atoms with van der Waals surface area (Å²) in [5.74, 6) is 1.41. The fourth-order valence-corrected chi connectivity index (χ4v) is 2.06. The van der Waals surface area contributed by atoms with Gasteiger partial charge < -0.3 is 10.1 Å². The van der Waals surface area contributed by atoms with E-state index >= 15 is 0 Å². The van der Waals surface area contributed by atoms with Crippen LogP contribution in [-0.4, -0.2) is 25.8 Å². The lowest BCUT2D eigenvalue weighted by Gasteiger charge is -2.30. The normalized spacial score (nSPS) is 17.8. The van der Waals surface area contributed by atoms with Crippen molar-refractivity contribution in [3.8, 4) is 0 Å². The van der Waals surface area contributed by atoms with Gasteiger partial charge in [-0.15, -0.1) is 0 Å². The van der Waals surface area contributed by atoms with Crippen molar-refractivity contribution in [2.24, 2.45) is 11.8 Å². The smallest absolute Gasteiger partial charge is 0.0546 e. The zero-order chi connectivity index (χ0) is 11.8. The highest BCUT2D eigenvalue weighted by Crippen LogP contribution is 2.22. The Balaban J connectivity index is 4.12. The Labute approximate surface area is 95.8 Å². The second kappa shape index (κ2) is 8.12. The lowest BCUT2D eigenvalue weighted by Crippen LogP contribution is -2.38. The first-order valence-electron chi connectivity index (χ1n) is 6.29. The van der Waals surface area contributed by atoms with Crippen LogP contribution in [-0.2, 0) is 4.74 Å². The van der Waals surface area contributed by atoms with E-state index < -0.39 is 0 Å². The molecule has 0 rings (SSSR count). The second-order valence-electron chi connectivity index (χ2n) is 4.93. The molecule has 2 nitrogen and oxygen atoms in total. The van der Waals surface area contributed by atoms with Crippen molar-refractivity contribution in [3.63, 3.8) is 0 Å². The molecule has 0 saturated heterocycles. The third-order valence-corrected chi connectivity index (χ3v) is 3.22. The van der Waals surface area contributed by atoms with Gasteiger partial charge in [-0.25, -0.2) is 0 Å². The van der Waals surface area contributed by atoms with E-state index in [-0.39, 0.29) is 0 Å². The molecule has 2 heteroatoms. The molecule has 0 spiro atoms. The molecule has 3 atom stereocenters. The number of rotatable bonds is 8. The van der Waals surface area contributed by atoms with Crippen LogP contribution in [0.1, 0.15) is 47.5 Å². The lowest BCUT2D eigenvalue weighted by atomic mass is 9.84. The molecule has 0 aromatic carbocycles. The molecule has 0 heterocycles. The van der Waals surface area contributed by atoms with Crippen LogP contribution < -0.4 is 5.32 Å². The molecular weight excluding hydrogens is 186 g/mol. The fraction of sp³-hybridized carbons (Fsp3) is 1.00. The number of methoxy groups -OCH3 is 1. The Bertz CT molecular complexity index is 147. The molecule has 0 radical (unpaired) electrons.